The summed E-state index contributed by atoms with van der Waals surface area (Å²) in [5, 5.41) is 12.0. The van der Waals surface area contributed by atoms with E-state index >= 15 is 0 Å². The molecule has 3 aromatic rings. The fraction of sp³-hybridized carbons (Fsp3) is 0.167. The monoisotopic (exact) mass is 380 g/mol. The first-order valence-electron chi connectivity index (χ1n) is 8.23. The Labute approximate surface area is 159 Å². The van der Waals surface area contributed by atoms with E-state index in [2.05, 4.69) is 30.8 Å². The number of hydrogen-bond acceptors (Lipinski definition) is 8. The molecule has 0 fully saturated rings. The van der Waals surface area contributed by atoms with Crippen molar-refractivity contribution in [2.45, 2.75) is 19.1 Å². The van der Waals surface area contributed by atoms with Gasteiger partial charge in [0, 0.05) is 18.6 Å². The molecule has 0 saturated carbocycles. The molecule has 0 radical (unpaired) electrons. The van der Waals surface area contributed by atoms with Gasteiger partial charge in [-0.3, -0.25) is 9.78 Å². The molecule has 0 saturated heterocycles. The van der Waals surface area contributed by atoms with Gasteiger partial charge in [-0.2, -0.15) is 4.98 Å². The van der Waals surface area contributed by atoms with Crippen LogP contribution in [0.1, 0.15) is 22.2 Å². The predicted molar refractivity (Wildman–Crippen MR) is 101 cm³/mol. The van der Waals surface area contributed by atoms with Crippen LogP contribution in [0.4, 0.5) is 0 Å². The highest BCUT2D eigenvalue weighted by Gasteiger charge is 2.37. The Morgan fingerprint density at radius 1 is 1.37 bits per heavy atom. The highest BCUT2D eigenvalue weighted by molar-refractivity contribution is 7.10. The number of thiophene rings is 1. The summed E-state index contributed by atoms with van der Waals surface area (Å²) in [6, 6.07) is 7.46. The fourth-order valence-corrected chi connectivity index (χ4v) is 3.48. The van der Waals surface area contributed by atoms with E-state index in [9.17, 15) is 4.79 Å². The van der Waals surface area contributed by atoms with E-state index < -0.39 is 5.79 Å². The lowest BCUT2D eigenvalue weighted by Gasteiger charge is -2.33. The number of aryl methyl sites for hydroxylation is 1. The maximum atomic E-state index is 12.7. The third-order valence-corrected chi connectivity index (χ3v) is 4.85. The van der Waals surface area contributed by atoms with Crippen LogP contribution in [0.2, 0.25) is 0 Å². The standard InChI is InChI=1S/C18H16N6O2S/c1-12-21-17(26-24-12)14-6-8-20-18(22-14,15-5-3-9-27-15)23-16(25)10-13-4-2-7-19-11-13/h2-9,11,22H,10H2,1H3,(H,23,25). The smallest absolute Gasteiger partial charge is 0.274 e. The Morgan fingerprint density at radius 2 is 2.30 bits per heavy atom. The van der Waals surface area contributed by atoms with Gasteiger partial charge in [0.15, 0.2) is 5.82 Å². The summed E-state index contributed by atoms with van der Waals surface area (Å²) in [4.78, 5) is 26.4. The quantitative estimate of drug-likeness (QED) is 0.702. The summed E-state index contributed by atoms with van der Waals surface area (Å²) in [6.45, 7) is 1.74. The second-order valence-electron chi connectivity index (χ2n) is 5.90. The number of pyridine rings is 1. The van der Waals surface area contributed by atoms with E-state index in [0.29, 0.717) is 17.4 Å². The van der Waals surface area contributed by atoms with Crippen molar-refractivity contribution in [1.82, 2.24) is 25.8 Å². The number of carbonyl (C=O) groups is 1. The van der Waals surface area contributed by atoms with E-state index in [4.69, 9.17) is 4.52 Å². The molecule has 0 aromatic carbocycles. The molecular formula is C18H16N6O2S. The van der Waals surface area contributed by atoms with Gasteiger partial charge in [-0.1, -0.05) is 17.3 Å². The molecule has 4 heterocycles. The van der Waals surface area contributed by atoms with Crippen LogP contribution >= 0.6 is 11.3 Å². The maximum Gasteiger partial charge on any atom is 0.274 e. The lowest BCUT2D eigenvalue weighted by molar-refractivity contribution is -0.122. The van der Waals surface area contributed by atoms with Crippen molar-refractivity contribution in [2.75, 3.05) is 0 Å². The molecule has 3 aromatic heterocycles. The molecule has 4 rings (SSSR count). The maximum absolute atomic E-state index is 12.7. The second-order valence-corrected chi connectivity index (χ2v) is 6.85. The van der Waals surface area contributed by atoms with E-state index in [-0.39, 0.29) is 12.3 Å². The number of amides is 1. The summed E-state index contributed by atoms with van der Waals surface area (Å²) in [5.74, 6) is -0.470. The summed E-state index contributed by atoms with van der Waals surface area (Å²) < 4.78 is 5.24. The van der Waals surface area contributed by atoms with Crippen LogP contribution in [0.3, 0.4) is 0 Å². The van der Waals surface area contributed by atoms with E-state index in [0.717, 1.165) is 10.4 Å². The molecule has 0 bridgehead atoms. The normalized spacial score (nSPS) is 18.6. The van der Waals surface area contributed by atoms with Crippen molar-refractivity contribution in [3.8, 4) is 0 Å². The highest BCUT2D eigenvalue weighted by atomic mass is 32.1. The number of allylic oxidation sites excluding steroid dienone is 1. The van der Waals surface area contributed by atoms with E-state index in [1.807, 2.05) is 23.6 Å². The lowest BCUT2D eigenvalue weighted by Crippen LogP contribution is -2.55. The number of hydrogen-bond donors (Lipinski definition) is 2. The van der Waals surface area contributed by atoms with Gasteiger partial charge >= 0.3 is 0 Å². The second kappa shape index (κ2) is 7.12. The number of nitrogens with zero attached hydrogens (tertiary/aromatic N) is 4. The minimum absolute atomic E-state index is 0.191. The van der Waals surface area contributed by atoms with Crippen LogP contribution < -0.4 is 10.6 Å². The van der Waals surface area contributed by atoms with Crippen molar-refractivity contribution in [1.29, 1.82) is 0 Å². The van der Waals surface area contributed by atoms with Crippen molar-refractivity contribution in [3.05, 3.63) is 70.3 Å². The molecule has 9 heteroatoms. The largest absolute Gasteiger partial charge is 0.335 e. The third kappa shape index (κ3) is 3.63. The molecule has 1 atom stereocenters. The van der Waals surface area contributed by atoms with Crippen LogP contribution in [-0.4, -0.2) is 27.2 Å². The van der Waals surface area contributed by atoms with Gasteiger partial charge in [0.1, 0.15) is 5.70 Å². The Kier molecular flexibility index (Phi) is 4.51. The molecule has 1 unspecified atom stereocenters. The first-order chi connectivity index (χ1) is 13.1. The van der Waals surface area contributed by atoms with Crippen molar-refractivity contribution >= 4 is 29.2 Å². The first-order valence-corrected chi connectivity index (χ1v) is 9.11. The zero-order valence-corrected chi connectivity index (χ0v) is 15.2. The average molecular weight is 380 g/mol. The number of aliphatic imine (C=N–C) groups is 1. The topological polar surface area (TPSA) is 105 Å². The summed E-state index contributed by atoms with van der Waals surface area (Å²) in [7, 11) is 0. The average Bonchev–Trinajstić information content (AvgIpc) is 3.35. The Morgan fingerprint density at radius 3 is 3.00 bits per heavy atom. The Balaban J connectivity index is 1.61. The molecule has 2 N–H and O–H groups in total. The molecule has 8 nitrogen and oxygen atoms in total. The van der Waals surface area contributed by atoms with Crippen LogP contribution in [0, 0.1) is 6.92 Å². The molecule has 1 aliphatic heterocycles. The van der Waals surface area contributed by atoms with Gasteiger partial charge in [0.05, 0.1) is 11.3 Å². The molecular weight excluding hydrogens is 364 g/mol. The van der Waals surface area contributed by atoms with Crippen molar-refractivity contribution < 1.29 is 9.32 Å². The molecule has 27 heavy (non-hydrogen) atoms. The van der Waals surface area contributed by atoms with Gasteiger partial charge in [0.2, 0.25) is 11.7 Å². The van der Waals surface area contributed by atoms with Gasteiger partial charge in [-0.25, -0.2) is 4.99 Å². The Hall–Kier alpha value is -3.33. The molecule has 136 valence electrons. The van der Waals surface area contributed by atoms with Gasteiger partial charge < -0.3 is 15.2 Å². The highest BCUT2D eigenvalue weighted by Crippen LogP contribution is 2.29. The fourth-order valence-electron chi connectivity index (χ4n) is 2.69. The molecule has 0 aliphatic carbocycles. The van der Waals surface area contributed by atoms with Crippen molar-refractivity contribution in [3.63, 3.8) is 0 Å². The number of aromatic nitrogens is 3. The van der Waals surface area contributed by atoms with Crippen LogP contribution in [0.15, 0.2) is 57.6 Å². The Bertz CT molecular complexity index is 996. The van der Waals surface area contributed by atoms with Gasteiger partial charge in [-0.05, 0) is 36.1 Å². The van der Waals surface area contributed by atoms with Gasteiger partial charge in [-0.15, -0.1) is 11.3 Å². The zero-order valence-electron chi connectivity index (χ0n) is 14.4. The molecule has 1 amide bonds. The number of carbonyl (C=O) groups excluding carboxylic acids is 1. The van der Waals surface area contributed by atoms with E-state index in [1.54, 1.807) is 37.7 Å². The molecule has 1 aliphatic rings. The summed E-state index contributed by atoms with van der Waals surface area (Å²) in [5.41, 5.74) is 1.40. The number of nitrogens with one attached hydrogen (secondary N) is 2. The van der Waals surface area contributed by atoms with Crippen LogP contribution in [0.5, 0.6) is 0 Å². The summed E-state index contributed by atoms with van der Waals surface area (Å²) in [6.07, 6.45) is 6.88. The van der Waals surface area contributed by atoms with Crippen LogP contribution in [-0.2, 0) is 17.0 Å². The summed E-state index contributed by atoms with van der Waals surface area (Å²) >= 11 is 1.48. The van der Waals surface area contributed by atoms with Crippen LogP contribution in [0.25, 0.3) is 5.70 Å². The van der Waals surface area contributed by atoms with E-state index in [1.165, 1.54) is 11.3 Å². The lowest BCUT2D eigenvalue weighted by atomic mass is 10.1. The van der Waals surface area contributed by atoms with Crippen molar-refractivity contribution in [2.24, 2.45) is 4.99 Å². The minimum Gasteiger partial charge on any atom is -0.335 e. The predicted octanol–water partition coefficient (Wildman–Crippen LogP) is 2.02. The number of rotatable bonds is 5. The van der Waals surface area contributed by atoms with Gasteiger partial charge in [0.25, 0.3) is 5.89 Å². The first kappa shape index (κ1) is 17.1. The minimum atomic E-state index is -1.14. The zero-order chi connectivity index (χ0) is 18.7. The SMILES string of the molecule is Cc1noc(C2=CC=NC(NC(=O)Cc3cccnc3)(c3cccs3)N2)n1. The molecule has 0 spiro atoms. The third-order valence-electron chi connectivity index (χ3n) is 3.87.